The Labute approximate surface area is 111 Å². The van der Waals surface area contributed by atoms with Gasteiger partial charge in [0.2, 0.25) is 0 Å². The molecule has 0 aliphatic heterocycles. The average Bonchev–Trinajstić information content (AvgIpc) is 2.35. The van der Waals surface area contributed by atoms with Crippen LogP contribution in [0, 0.1) is 11.8 Å². The van der Waals surface area contributed by atoms with E-state index in [1.54, 1.807) is 0 Å². The van der Waals surface area contributed by atoms with Gasteiger partial charge in [-0.15, -0.1) is 0 Å². The predicted molar refractivity (Wildman–Crippen MR) is 77.7 cm³/mol. The van der Waals surface area contributed by atoms with Crippen LogP contribution in [0.25, 0.3) is 0 Å². The van der Waals surface area contributed by atoms with Crippen LogP contribution < -0.4 is 5.32 Å². The summed E-state index contributed by atoms with van der Waals surface area (Å²) in [6, 6.07) is 9.20. The average molecular weight is 249 g/mol. The maximum absolute atomic E-state index is 9.00. The highest BCUT2D eigenvalue weighted by atomic mass is 16.3. The molecule has 18 heavy (non-hydrogen) atoms. The van der Waals surface area contributed by atoms with Crippen molar-refractivity contribution in [1.29, 1.82) is 0 Å². The second-order valence-corrected chi connectivity index (χ2v) is 5.76. The van der Waals surface area contributed by atoms with E-state index in [4.69, 9.17) is 5.11 Å². The second-order valence-electron chi connectivity index (χ2n) is 5.76. The molecule has 2 atom stereocenters. The van der Waals surface area contributed by atoms with Crippen molar-refractivity contribution in [2.75, 3.05) is 13.2 Å². The molecule has 0 aromatic heterocycles. The minimum Gasteiger partial charge on any atom is -0.396 e. The van der Waals surface area contributed by atoms with Crippen molar-refractivity contribution in [1.82, 2.24) is 5.32 Å². The second kappa shape index (κ2) is 7.55. The van der Waals surface area contributed by atoms with E-state index >= 15 is 0 Å². The number of hydrogen-bond acceptors (Lipinski definition) is 2. The Hall–Kier alpha value is -0.860. The minimum absolute atomic E-state index is 0.243. The van der Waals surface area contributed by atoms with Crippen molar-refractivity contribution in [3.05, 3.63) is 35.4 Å². The lowest BCUT2D eigenvalue weighted by Crippen LogP contribution is -2.26. The lowest BCUT2D eigenvalue weighted by atomic mass is 10.00. The molecule has 1 aromatic carbocycles. The van der Waals surface area contributed by atoms with Gasteiger partial charge in [-0.3, -0.25) is 0 Å². The fourth-order valence-electron chi connectivity index (χ4n) is 1.97. The largest absolute Gasteiger partial charge is 0.396 e. The van der Waals surface area contributed by atoms with Gasteiger partial charge in [0, 0.05) is 19.2 Å². The fraction of sp³-hybridized carbons (Fsp3) is 0.625. The number of nitrogens with one attached hydrogen (secondary N) is 1. The molecule has 0 spiro atoms. The molecule has 0 aliphatic rings. The number of aliphatic hydroxyl groups is 1. The zero-order valence-electron chi connectivity index (χ0n) is 12.1. The van der Waals surface area contributed by atoms with E-state index < -0.39 is 0 Å². The third kappa shape index (κ3) is 5.19. The summed E-state index contributed by atoms with van der Waals surface area (Å²) < 4.78 is 0. The van der Waals surface area contributed by atoms with Gasteiger partial charge < -0.3 is 10.4 Å². The van der Waals surface area contributed by atoms with Gasteiger partial charge in [-0.25, -0.2) is 0 Å². The molecule has 1 rings (SSSR count). The lowest BCUT2D eigenvalue weighted by Gasteiger charge is -2.17. The Kier molecular flexibility index (Phi) is 6.37. The molecule has 0 aliphatic carbocycles. The van der Waals surface area contributed by atoms with Crippen LogP contribution >= 0.6 is 0 Å². The Morgan fingerprint density at radius 1 is 1.06 bits per heavy atom. The molecule has 2 N–H and O–H groups in total. The number of hydrogen-bond donors (Lipinski definition) is 2. The van der Waals surface area contributed by atoms with Crippen LogP contribution in [0.2, 0.25) is 0 Å². The predicted octanol–water partition coefficient (Wildman–Crippen LogP) is 3.16. The maximum Gasteiger partial charge on any atom is 0.0468 e. The van der Waals surface area contributed by atoms with Gasteiger partial charge >= 0.3 is 0 Å². The molecule has 0 saturated heterocycles. The molecule has 2 nitrogen and oxygen atoms in total. The first-order chi connectivity index (χ1) is 8.52. The Bertz CT molecular complexity index is 331. The normalized spacial score (nSPS) is 14.8. The third-order valence-electron chi connectivity index (χ3n) is 3.21. The van der Waals surface area contributed by atoms with Crippen LogP contribution in [-0.4, -0.2) is 18.3 Å². The van der Waals surface area contributed by atoms with Crippen molar-refractivity contribution in [2.24, 2.45) is 11.8 Å². The van der Waals surface area contributed by atoms with Gasteiger partial charge in [0.15, 0.2) is 0 Å². The molecule has 0 amide bonds. The highest BCUT2D eigenvalue weighted by molar-refractivity contribution is 5.25. The molecule has 0 fully saturated rings. The molecule has 102 valence electrons. The van der Waals surface area contributed by atoms with Crippen molar-refractivity contribution < 1.29 is 5.11 Å². The minimum atomic E-state index is 0.243. The number of aliphatic hydroxyl groups excluding tert-OH is 1. The SMILES string of the molecule is CC(C)Cc1ccc(C(C)NCC(C)CO)cc1. The molecule has 1 aromatic rings. The van der Waals surface area contributed by atoms with Crippen molar-refractivity contribution >= 4 is 0 Å². The number of benzene rings is 1. The quantitative estimate of drug-likeness (QED) is 0.778. The summed E-state index contributed by atoms with van der Waals surface area (Å²) in [5.41, 5.74) is 2.72. The molecular weight excluding hydrogens is 222 g/mol. The Balaban J connectivity index is 2.50. The molecule has 0 saturated carbocycles. The molecular formula is C16H27NO. The van der Waals surface area contributed by atoms with Crippen molar-refractivity contribution in [3.8, 4) is 0 Å². The molecule has 2 unspecified atom stereocenters. The van der Waals surface area contributed by atoms with E-state index in [2.05, 4.69) is 50.4 Å². The smallest absolute Gasteiger partial charge is 0.0468 e. The van der Waals surface area contributed by atoms with Crippen LogP contribution in [0.5, 0.6) is 0 Å². The summed E-state index contributed by atoms with van der Waals surface area (Å²) in [5, 5.41) is 12.4. The molecule has 0 bridgehead atoms. The first kappa shape index (κ1) is 15.2. The zero-order valence-corrected chi connectivity index (χ0v) is 12.1. The summed E-state index contributed by atoms with van der Waals surface area (Å²) in [7, 11) is 0. The summed E-state index contributed by atoms with van der Waals surface area (Å²) in [6.07, 6.45) is 1.14. The third-order valence-corrected chi connectivity index (χ3v) is 3.21. The standard InChI is InChI=1S/C16H27NO/c1-12(2)9-15-5-7-16(8-6-15)14(4)17-10-13(3)11-18/h5-8,12-14,17-18H,9-11H2,1-4H3. The topological polar surface area (TPSA) is 32.3 Å². The monoisotopic (exact) mass is 249 g/mol. The van der Waals surface area contributed by atoms with E-state index in [9.17, 15) is 0 Å². The number of rotatable bonds is 7. The highest BCUT2D eigenvalue weighted by Gasteiger charge is 2.07. The van der Waals surface area contributed by atoms with Crippen LogP contribution in [0.3, 0.4) is 0 Å². The van der Waals surface area contributed by atoms with Gasteiger partial charge in [-0.2, -0.15) is 0 Å². The van der Waals surface area contributed by atoms with Gasteiger partial charge in [-0.05, 0) is 36.3 Å². The fourth-order valence-corrected chi connectivity index (χ4v) is 1.97. The Morgan fingerprint density at radius 2 is 1.67 bits per heavy atom. The Morgan fingerprint density at radius 3 is 2.17 bits per heavy atom. The van der Waals surface area contributed by atoms with Crippen LogP contribution in [0.15, 0.2) is 24.3 Å². The summed E-state index contributed by atoms with van der Waals surface area (Å²) in [4.78, 5) is 0. The maximum atomic E-state index is 9.00. The van der Waals surface area contributed by atoms with Gasteiger partial charge in [0.1, 0.15) is 0 Å². The van der Waals surface area contributed by atoms with Crippen molar-refractivity contribution in [2.45, 2.75) is 40.2 Å². The van der Waals surface area contributed by atoms with Gasteiger partial charge in [0.25, 0.3) is 0 Å². The van der Waals surface area contributed by atoms with Gasteiger partial charge in [0.05, 0.1) is 0 Å². The van der Waals surface area contributed by atoms with Crippen LogP contribution in [0.4, 0.5) is 0 Å². The first-order valence-corrected chi connectivity index (χ1v) is 6.96. The zero-order chi connectivity index (χ0) is 13.5. The van der Waals surface area contributed by atoms with E-state index in [0.29, 0.717) is 17.9 Å². The summed E-state index contributed by atoms with van der Waals surface area (Å²) in [6.45, 7) is 9.80. The summed E-state index contributed by atoms with van der Waals surface area (Å²) in [5.74, 6) is 1.02. The van der Waals surface area contributed by atoms with Crippen LogP contribution in [0.1, 0.15) is 44.9 Å². The van der Waals surface area contributed by atoms with Gasteiger partial charge in [-0.1, -0.05) is 45.0 Å². The van der Waals surface area contributed by atoms with E-state index in [-0.39, 0.29) is 6.61 Å². The van der Waals surface area contributed by atoms with E-state index in [1.807, 2.05) is 6.92 Å². The van der Waals surface area contributed by atoms with E-state index in [0.717, 1.165) is 13.0 Å². The molecule has 2 heteroatoms. The van der Waals surface area contributed by atoms with Crippen molar-refractivity contribution in [3.63, 3.8) is 0 Å². The van der Waals surface area contributed by atoms with Crippen LogP contribution in [-0.2, 0) is 6.42 Å². The van der Waals surface area contributed by atoms with E-state index in [1.165, 1.54) is 11.1 Å². The molecule has 0 radical (unpaired) electrons. The first-order valence-electron chi connectivity index (χ1n) is 6.96. The lowest BCUT2D eigenvalue weighted by molar-refractivity contribution is 0.231. The highest BCUT2D eigenvalue weighted by Crippen LogP contribution is 2.15. The summed E-state index contributed by atoms with van der Waals surface area (Å²) >= 11 is 0. The molecule has 0 heterocycles.